The third kappa shape index (κ3) is 8.01. The van der Waals surface area contributed by atoms with Crippen molar-refractivity contribution < 1.29 is 14.7 Å². The Bertz CT molecular complexity index is 1790. The van der Waals surface area contributed by atoms with Crippen LogP contribution < -0.4 is 5.73 Å². The molecule has 10 rings (SSSR count). The fourth-order valence-corrected chi connectivity index (χ4v) is 11.1. The number of nitrogens with two attached hydrogens (primary N) is 1. The number of fused-ring (bicyclic) bond motifs is 8. The number of halogens is 5. The molecule has 4 bridgehead atoms. The second-order valence-electron chi connectivity index (χ2n) is 14.9. The number of hydrogen-bond acceptors (Lipinski definition) is 7. The normalized spacial score (nSPS) is 27.1. The van der Waals surface area contributed by atoms with E-state index in [9.17, 15) is 9.59 Å². The van der Waals surface area contributed by atoms with Gasteiger partial charge in [0.05, 0.1) is 25.0 Å². The first kappa shape index (κ1) is 40.0. The highest BCUT2D eigenvalue weighted by Gasteiger charge is 2.48. The quantitative estimate of drug-likeness (QED) is 0.199. The summed E-state index contributed by atoms with van der Waals surface area (Å²) in [5.74, 6) is 1.26. The first-order valence-electron chi connectivity index (χ1n) is 16.9. The van der Waals surface area contributed by atoms with Gasteiger partial charge in [-0.2, -0.15) is 0 Å². The van der Waals surface area contributed by atoms with E-state index in [1.807, 2.05) is 18.2 Å². The summed E-state index contributed by atoms with van der Waals surface area (Å²) in [6, 6.07) is 11.0. The standard InChI is InChI=1S/C19H21Cl2NOS.C9H4Cl2O2S.C9H18N2.ClH/c1-19(2)13(11-3-5-22(19)6-4-11)9-16(23)18-8-12-7-14(20)15(21)10-17(12)24-18;10-5-1-4-2-8(9(12)13)14-7(4)3-6(5)11;1-9(2)8(10)7-3-5-11(9)6-4-7;/h7-8,10-11,13H,3-6,9H2,1-2H3;1-3H,(H,12,13);7-8H,3-6,10H2,1-2H3;1H/t13-;;8-;/m0.0./s1. The number of carboxylic acids is 1. The number of piperidine rings is 6. The number of benzene rings is 2. The molecule has 13 heteroatoms. The van der Waals surface area contributed by atoms with Crippen molar-refractivity contribution >= 4 is 113 Å². The predicted octanol–water partition coefficient (Wildman–Crippen LogP) is 11.0. The van der Waals surface area contributed by atoms with Gasteiger partial charge in [-0.25, -0.2) is 4.79 Å². The molecule has 0 aliphatic carbocycles. The van der Waals surface area contributed by atoms with Crippen molar-refractivity contribution in [3.05, 3.63) is 66.2 Å². The van der Waals surface area contributed by atoms with Gasteiger partial charge in [0.2, 0.25) is 0 Å². The summed E-state index contributed by atoms with van der Waals surface area (Å²) in [7, 11) is 0. The first-order valence-corrected chi connectivity index (χ1v) is 20.0. The van der Waals surface area contributed by atoms with Crippen molar-refractivity contribution in [1.82, 2.24) is 9.80 Å². The molecule has 8 heterocycles. The van der Waals surface area contributed by atoms with Crippen LogP contribution in [0.2, 0.25) is 20.1 Å². The van der Waals surface area contributed by atoms with E-state index in [-0.39, 0.29) is 29.3 Å². The first-order chi connectivity index (χ1) is 23.1. The molecule has 2 aromatic heterocycles. The zero-order valence-electron chi connectivity index (χ0n) is 28.6. The largest absolute Gasteiger partial charge is 0.477 e. The third-order valence-corrected chi connectivity index (χ3v) is 15.2. The highest BCUT2D eigenvalue weighted by atomic mass is 35.5. The lowest BCUT2D eigenvalue weighted by Crippen LogP contribution is -2.67. The second-order valence-corrected chi connectivity index (χ2v) is 18.6. The molecule has 2 aromatic carbocycles. The molecule has 0 saturated carbocycles. The summed E-state index contributed by atoms with van der Waals surface area (Å²) >= 11 is 26.5. The lowest BCUT2D eigenvalue weighted by Gasteiger charge is -2.56. The Balaban J connectivity index is 0.000000159. The van der Waals surface area contributed by atoms with E-state index in [0.717, 1.165) is 31.0 Å². The molecule has 2 atom stereocenters. The van der Waals surface area contributed by atoms with Gasteiger partial charge in [0, 0.05) is 32.9 Å². The van der Waals surface area contributed by atoms with Gasteiger partial charge in [-0.1, -0.05) is 46.4 Å². The van der Waals surface area contributed by atoms with Crippen molar-refractivity contribution in [3.63, 3.8) is 0 Å². The molecule has 6 aliphatic heterocycles. The van der Waals surface area contributed by atoms with Crippen LogP contribution in [-0.4, -0.2) is 70.0 Å². The van der Waals surface area contributed by atoms with Gasteiger partial charge in [0.15, 0.2) is 5.78 Å². The van der Waals surface area contributed by atoms with Crippen LogP contribution in [0.15, 0.2) is 36.4 Å². The minimum Gasteiger partial charge on any atom is -0.477 e. The second kappa shape index (κ2) is 15.7. The highest BCUT2D eigenvalue weighted by molar-refractivity contribution is 7.21. The number of thiophene rings is 2. The average Bonchev–Trinajstić information content (AvgIpc) is 3.67. The number of ketones is 1. The molecule has 272 valence electrons. The molecule has 6 nitrogen and oxygen atoms in total. The van der Waals surface area contributed by atoms with E-state index in [0.29, 0.717) is 49.3 Å². The van der Waals surface area contributed by atoms with E-state index >= 15 is 0 Å². The Labute approximate surface area is 328 Å². The molecule has 0 amide bonds. The monoisotopic (exact) mass is 817 g/mol. The van der Waals surface area contributed by atoms with Gasteiger partial charge in [-0.05, 0) is 144 Å². The van der Waals surface area contributed by atoms with Crippen LogP contribution in [0.25, 0.3) is 20.2 Å². The van der Waals surface area contributed by atoms with E-state index in [4.69, 9.17) is 57.2 Å². The van der Waals surface area contributed by atoms with Gasteiger partial charge in [0.25, 0.3) is 0 Å². The van der Waals surface area contributed by atoms with Crippen LogP contribution >= 0.6 is 81.5 Å². The smallest absolute Gasteiger partial charge is 0.345 e. The Kier molecular flexibility index (Phi) is 12.5. The van der Waals surface area contributed by atoms with E-state index < -0.39 is 5.97 Å². The van der Waals surface area contributed by atoms with Gasteiger partial charge in [-0.15, -0.1) is 35.1 Å². The maximum atomic E-state index is 12.9. The highest BCUT2D eigenvalue weighted by Crippen LogP contribution is 2.46. The fraction of sp³-hybridized carbons (Fsp3) is 0.514. The summed E-state index contributed by atoms with van der Waals surface area (Å²) < 4.78 is 1.86. The summed E-state index contributed by atoms with van der Waals surface area (Å²) in [6.07, 6.45) is 5.76. The van der Waals surface area contributed by atoms with Gasteiger partial charge in [0.1, 0.15) is 4.88 Å². The van der Waals surface area contributed by atoms with Crippen LogP contribution in [0, 0.1) is 17.8 Å². The maximum absolute atomic E-state index is 12.9. The number of hydrogen-bond donors (Lipinski definition) is 2. The average molecular weight is 820 g/mol. The van der Waals surface area contributed by atoms with Crippen molar-refractivity contribution in [2.24, 2.45) is 23.5 Å². The molecular weight excluding hydrogens is 776 g/mol. The van der Waals surface area contributed by atoms with E-state index in [1.165, 1.54) is 74.5 Å². The van der Waals surface area contributed by atoms with Crippen molar-refractivity contribution in [2.75, 3.05) is 26.2 Å². The van der Waals surface area contributed by atoms with Crippen molar-refractivity contribution in [3.8, 4) is 0 Å². The number of aromatic carboxylic acids is 1. The van der Waals surface area contributed by atoms with Crippen LogP contribution in [0.4, 0.5) is 0 Å². The molecule has 0 unspecified atom stereocenters. The van der Waals surface area contributed by atoms with Gasteiger partial charge < -0.3 is 10.8 Å². The molecule has 6 fully saturated rings. The van der Waals surface area contributed by atoms with Crippen LogP contribution in [0.3, 0.4) is 0 Å². The minimum atomic E-state index is -0.932. The molecule has 6 aliphatic rings. The number of nitrogens with zero attached hydrogens (tertiary/aromatic N) is 2. The summed E-state index contributed by atoms with van der Waals surface area (Å²) in [4.78, 5) is 29.9. The predicted molar refractivity (Wildman–Crippen MR) is 215 cm³/mol. The van der Waals surface area contributed by atoms with Crippen LogP contribution in [0.5, 0.6) is 0 Å². The van der Waals surface area contributed by atoms with Gasteiger partial charge >= 0.3 is 5.97 Å². The minimum absolute atomic E-state index is 0. The molecule has 3 N–H and O–H groups in total. The molecule has 50 heavy (non-hydrogen) atoms. The lowest BCUT2D eigenvalue weighted by molar-refractivity contribution is -0.0643. The number of carboxylic acid groups (broad SMARTS) is 1. The Morgan fingerprint density at radius 3 is 1.56 bits per heavy atom. The fourth-order valence-electron chi connectivity index (χ4n) is 8.34. The molecule has 6 saturated heterocycles. The van der Waals surface area contributed by atoms with E-state index in [1.54, 1.807) is 18.2 Å². The Morgan fingerprint density at radius 2 is 1.14 bits per heavy atom. The molecular formula is C37H44Cl5N3O3S2. The number of carbonyl (C=O) groups excluding carboxylic acids is 1. The SMILES string of the molecule is CC1(C)[C@@H](CC(=O)c2cc3cc(Cl)c(Cl)cc3s2)C2CCN1CC2.CC1(C)[C@@H](N)C2CCN1CC2.Cl.O=C(O)c1cc2cc(Cl)c(Cl)cc2s1. The van der Waals surface area contributed by atoms with Crippen molar-refractivity contribution in [1.29, 1.82) is 0 Å². The molecule has 0 spiro atoms. The Morgan fingerprint density at radius 1 is 0.720 bits per heavy atom. The zero-order valence-corrected chi connectivity index (χ0v) is 34.1. The van der Waals surface area contributed by atoms with E-state index in [2.05, 4.69) is 37.5 Å². The maximum Gasteiger partial charge on any atom is 0.345 e. The number of Topliss-reactive ketones (excluding diaryl/α,β-unsaturated/α-hetero) is 1. The zero-order chi connectivity index (χ0) is 35.4. The van der Waals surface area contributed by atoms with Crippen molar-refractivity contribution in [2.45, 2.75) is 76.9 Å². The van der Waals surface area contributed by atoms with Crippen LogP contribution in [0.1, 0.15) is 79.1 Å². The summed E-state index contributed by atoms with van der Waals surface area (Å²) in [5, 5.41) is 12.5. The van der Waals surface area contributed by atoms with Crippen LogP contribution in [-0.2, 0) is 0 Å². The molecule has 0 radical (unpaired) electrons. The number of carbonyl (C=O) groups is 2. The van der Waals surface area contributed by atoms with Gasteiger partial charge in [-0.3, -0.25) is 14.6 Å². The summed E-state index contributed by atoms with van der Waals surface area (Å²) in [6.45, 7) is 14.1. The Hall–Kier alpha value is -1.17. The number of rotatable bonds is 4. The lowest BCUT2D eigenvalue weighted by atomic mass is 9.65. The topological polar surface area (TPSA) is 86.9 Å². The summed E-state index contributed by atoms with van der Waals surface area (Å²) in [5.41, 5.74) is 6.55. The molecule has 4 aromatic rings. The third-order valence-electron chi connectivity index (χ3n) is 11.5.